The number of pyridine rings is 1. The van der Waals surface area contributed by atoms with E-state index in [4.69, 9.17) is 0 Å². The lowest BCUT2D eigenvalue weighted by Gasteiger charge is -2.04. The van der Waals surface area contributed by atoms with Crippen LogP contribution in [-0.4, -0.2) is 14.4 Å². The molecule has 74 valence electrons. The third kappa shape index (κ3) is 1.01. The maximum atomic E-state index is 11.6. The molecule has 0 fully saturated rings. The van der Waals surface area contributed by atoms with Crippen LogP contribution in [0.25, 0.3) is 16.7 Å². The van der Waals surface area contributed by atoms with Gasteiger partial charge in [-0.15, -0.1) is 0 Å². The number of hydrogen-bond donors (Lipinski definition) is 1. The quantitative estimate of drug-likeness (QED) is 0.596. The van der Waals surface area contributed by atoms with Gasteiger partial charge < -0.3 is 9.38 Å². The Hall–Kier alpha value is -2.10. The van der Waals surface area contributed by atoms with Gasteiger partial charge in [-0.05, 0) is 30.7 Å². The summed E-state index contributed by atoms with van der Waals surface area (Å²) in [6, 6.07) is 5.58. The fourth-order valence-corrected chi connectivity index (χ4v) is 1.88. The molecule has 3 aromatic heterocycles. The highest BCUT2D eigenvalue weighted by atomic mass is 16.1. The maximum absolute atomic E-state index is 11.6. The Bertz CT molecular complexity index is 708. The molecule has 0 aliphatic rings. The van der Waals surface area contributed by atoms with Crippen LogP contribution in [0.2, 0.25) is 0 Å². The average molecular weight is 199 g/mol. The number of aromatic amines is 1. The molecule has 0 bridgehead atoms. The van der Waals surface area contributed by atoms with Crippen LogP contribution < -0.4 is 5.56 Å². The molecule has 3 rings (SSSR count). The molecular formula is C11H9N3O. The lowest BCUT2D eigenvalue weighted by Crippen LogP contribution is -2.10. The molecule has 15 heavy (non-hydrogen) atoms. The Labute approximate surface area is 85.2 Å². The Morgan fingerprint density at radius 1 is 1.40 bits per heavy atom. The zero-order chi connectivity index (χ0) is 10.4. The first-order valence-electron chi connectivity index (χ1n) is 4.72. The van der Waals surface area contributed by atoms with Crippen molar-refractivity contribution in [3.05, 3.63) is 46.5 Å². The Kier molecular flexibility index (Phi) is 1.48. The third-order valence-electron chi connectivity index (χ3n) is 2.58. The fraction of sp³-hybridized carbons (Fsp3) is 0.0909. The molecule has 0 unspecified atom stereocenters. The van der Waals surface area contributed by atoms with Gasteiger partial charge in [0.1, 0.15) is 5.52 Å². The first-order valence-corrected chi connectivity index (χ1v) is 4.72. The minimum Gasteiger partial charge on any atom is -0.309 e. The number of nitrogens with zero attached hydrogens (tertiary/aromatic N) is 2. The number of aromatic nitrogens is 3. The van der Waals surface area contributed by atoms with E-state index in [-0.39, 0.29) is 5.56 Å². The lowest BCUT2D eigenvalue weighted by atomic mass is 10.2. The monoisotopic (exact) mass is 199 g/mol. The highest BCUT2D eigenvalue weighted by molar-refractivity contribution is 5.77. The van der Waals surface area contributed by atoms with Gasteiger partial charge in [-0.2, -0.15) is 0 Å². The highest BCUT2D eigenvalue weighted by Gasteiger charge is 2.06. The van der Waals surface area contributed by atoms with Crippen LogP contribution >= 0.6 is 0 Å². The number of rotatable bonds is 0. The first kappa shape index (κ1) is 8.23. The summed E-state index contributed by atoms with van der Waals surface area (Å²) in [6.45, 7) is 2.00. The lowest BCUT2D eigenvalue weighted by molar-refractivity contribution is 1.14. The zero-order valence-corrected chi connectivity index (χ0v) is 8.19. The van der Waals surface area contributed by atoms with Crippen molar-refractivity contribution >= 4 is 16.7 Å². The molecule has 0 saturated heterocycles. The minimum absolute atomic E-state index is 0.106. The molecular weight excluding hydrogens is 190 g/mol. The van der Waals surface area contributed by atoms with Gasteiger partial charge in [-0.25, -0.2) is 4.98 Å². The summed E-state index contributed by atoms with van der Waals surface area (Å²) in [5.74, 6) is 0. The predicted octanol–water partition coefficient (Wildman–Crippen LogP) is 1.48. The largest absolute Gasteiger partial charge is 0.309 e. The molecule has 0 amide bonds. The van der Waals surface area contributed by atoms with Crippen LogP contribution in [0.4, 0.5) is 0 Å². The number of nitrogens with one attached hydrogen (secondary N) is 1. The minimum atomic E-state index is -0.106. The molecule has 4 nitrogen and oxygen atoms in total. The SMILES string of the molecule is Cc1ccnc2[nH]c(=O)c3cccn3c12. The maximum Gasteiger partial charge on any atom is 0.273 e. The van der Waals surface area contributed by atoms with Crippen LogP contribution in [-0.2, 0) is 0 Å². The summed E-state index contributed by atoms with van der Waals surface area (Å²) < 4.78 is 1.87. The average Bonchev–Trinajstić information content (AvgIpc) is 2.66. The Morgan fingerprint density at radius 2 is 2.27 bits per heavy atom. The molecule has 0 radical (unpaired) electrons. The van der Waals surface area contributed by atoms with Gasteiger partial charge in [-0.3, -0.25) is 4.79 Å². The van der Waals surface area contributed by atoms with Gasteiger partial charge in [0.05, 0.1) is 5.52 Å². The van der Waals surface area contributed by atoms with Gasteiger partial charge in [0.2, 0.25) is 0 Å². The standard InChI is InChI=1S/C11H9N3O/c1-7-4-5-12-10-9(7)14-6-2-3-8(14)11(15)13-10/h2-6H,1H3,(H,12,13,15). The van der Waals surface area contributed by atoms with E-state index in [9.17, 15) is 4.79 Å². The van der Waals surface area contributed by atoms with Crippen molar-refractivity contribution in [1.82, 2.24) is 14.4 Å². The number of H-pyrrole nitrogens is 1. The van der Waals surface area contributed by atoms with Crippen LogP contribution in [0.5, 0.6) is 0 Å². The van der Waals surface area contributed by atoms with E-state index in [1.54, 1.807) is 12.3 Å². The van der Waals surface area contributed by atoms with Crippen LogP contribution in [0.15, 0.2) is 35.4 Å². The second kappa shape index (κ2) is 2.70. The van der Waals surface area contributed by atoms with Crippen LogP contribution in [0.1, 0.15) is 5.56 Å². The highest BCUT2D eigenvalue weighted by Crippen LogP contribution is 2.14. The molecule has 0 spiro atoms. The number of aryl methyl sites for hydroxylation is 1. The van der Waals surface area contributed by atoms with E-state index in [2.05, 4.69) is 9.97 Å². The zero-order valence-electron chi connectivity index (χ0n) is 8.19. The van der Waals surface area contributed by atoms with Gasteiger partial charge in [0.25, 0.3) is 5.56 Å². The van der Waals surface area contributed by atoms with Crippen molar-refractivity contribution in [1.29, 1.82) is 0 Å². The molecule has 0 saturated carbocycles. The van der Waals surface area contributed by atoms with E-state index >= 15 is 0 Å². The van der Waals surface area contributed by atoms with Crippen LogP contribution in [0.3, 0.4) is 0 Å². The van der Waals surface area contributed by atoms with Crippen molar-refractivity contribution in [3.8, 4) is 0 Å². The number of fused-ring (bicyclic) bond motifs is 3. The predicted molar refractivity (Wildman–Crippen MR) is 58.1 cm³/mol. The first-order chi connectivity index (χ1) is 7.27. The van der Waals surface area contributed by atoms with Crippen molar-refractivity contribution in [2.45, 2.75) is 6.92 Å². The molecule has 1 N–H and O–H groups in total. The Morgan fingerprint density at radius 3 is 3.13 bits per heavy atom. The van der Waals surface area contributed by atoms with Crippen molar-refractivity contribution < 1.29 is 0 Å². The second-order valence-corrected chi connectivity index (χ2v) is 3.54. The van der Waals surface area contributed by atoms with Gasteiger partial charge in [-0.1, -0.05) is 0 Å². The van der Waals surface area contributed by atoms with Gasteiger partial charge >= 0.3 is 0 Å². The third-order valence-corrected chi connectivity index (χ3v) is 2.58. The fourth-order valence-electron chi connectivity index (χ4n) is 1.88. The van der Waals surface area contributed by atoms with E-state index in [1.807, 2.05) is 29.7 Å². The molecule has 4 heteroatoms. The molecule has 0 atom stereocenters. The summed E-state index contributed by atoms with van der Waals surface area (Å²) >= 11 is 0. The van der Waals surface area contributed by atoms with Crippen molar-refractivity contribution in [3.63, 3.8) is 0 Å². The van der Waals surface area contributed by atoms with Crippen molar-refractivity contribution in [2.24, 2.45) is 0 Å². The van der Waals surface area contributed by atoms with E-state index < -0.39 is 0 Å². The summed E-state index contributed by atoms with van der Waals surface area (Å²) in [5.41, 5.74) is 3.22. The summed E-state index contributed by atoms with van der Waals surface area (Å²) in [4.78, 5) is 18.6. The van der Waals surface area contributed by atoms with Crippen LogP contribution in [0, 0.1) is 6.92 Å². The van der Waals surface area contributed by atoms with E-state index in [1.165, 1.54) is 0 Å². The van der Waals surface area contributed by atoms with Crippen molar-refractivity contribution in [2.75, 3.05) is 0 Å². The summed E-state index contributed by atoms with van der Waals surface area (Å²) in [6.07, 6.45) is 3.57. The van der Waals surface area contributed by atoms with Gasteiger partial charge in [0.15, 0.2) is 5.65 Å². The Balaban J connectivity index is 2.74. The van der Waals surface area contributed by atoms with E-state index in [0.29, 0.717) is 11.2 Å². The second-order valence-electron chi connectivity index (χ2n) is 3.54. The summed E-state index contributed by atoms with van der Waals surface area (Å²) in [5, 5.41) is 0. The molecule has 3 heterocycles. The normalized spacial score (nSPS) is 11.3. The molecule has 0 aliphatic heterocycles. The topological polar surface area (TPSA) is 50.2 Å². The number of hydrogen-bond acceptors (Lipinski definition) is 2. The smallest absolute Gasteiger partial charge is 0.273 e. The molecule has 3 aromatic rings. The van der Waals surface area contributed by atoms with E-state index in [0.717, 1.165) is 11.1 Å². The summed E-state index contributed by atoms with van der Waals surface area (Å²) in [7, 11) is 0. The molecule has 0 aliphatic carbocycles. The molecule has 0 aromatic carbocycles. The van der Waals surface area contributed by atoms with Gasteiger partial charge in [0, 0.05) is 12.4 Å².